The summed E-state index contributed by atoms with van der Waals surface area (Å²) in [5, 5.41) is 44.7. The molecule has 0 radical (unpaired) electrons. The minimum Gasteiger partial charge on any atom is -0.479 e. The van der Waals surface area contributed by atoms with Gasteiger partial charge in [-0.15, -0.1) is 12.3 Å². The molecule has 0 aliphatic carbocycles. The summed E-state index contributed by atoms with van der Waals surface area (Å²) in [7, 11) is 0. The number of nitrogens with zero attached hydrogens (tertiary/aromatic N) is 3. The molecule has 1 aliphatic heterocycles. The number of aliphatic carboxylic acids is 1. The van der Waals surface area contributed by atoms with E-state index in [9.17, 15) is 38.5 Å². The molecule has 1 heterocycles. The Morgan fingerprint density at radius 3 is 2.52 bits per heavy atom. The normalized spacial score (nSPS) is 23.0. The van der Waals surface area contributed by atoms with Gasteiger partial charge in [0.2, 0.25) is 12.2 Å². The molecule has 0 spiro atoms. The Hall–Kier alpha value is -3.80. The maximum atomic E-state index is 13.8. The van der Waals surface area contributed by atoms with Gasteiger partial charge in [-0.3, -0.25) is 9.59 Å². The first-order chi connectivity index (χ1) is 19.0. The van der Waals surface area contributed by atoms with Crippen LogP contribution in [0, 0.1) is 18.3 Å². The molecule has 1 saturated heterocycles. The van der Waals surface area contributed by atoms with E-state index in [0.717, 1.165) is 31.0 Å². The van der Waals surface area contributed by atoms with E-state index < -0.39 is 66.2 Å². The van der Waals surface area contributed by atoms with Crippen molar-refractivity contribution in [2.75, 3.05) is 11.9 Å². The second-order valence-corrected chi connectivity index (χ2v) is 9.01. The Balaban J connectivity index is 2.14. The summed E-state index contributed by atoms with van der Waals surface area (Å²) in [5.74, 6) is -1.81. The molecule has 1 aromatic rings. The second kappa shape index (κ2) is 15.7. The van der Waals surface area contributed by atoms with E-state index in [-0.39, 0.29) is 30.9 Å². The molecule has 1 amide bonds. The van der Waals surface area contributed by atoms with Crippen LogP contribution < -0.4 is 10.1 Å². The third-order valence-electron chi connectivity index (χ3n) is 6.06. The van der Waals surface area contributed by atoms with Gasteiger partial charge < -0.3 is 35.2 Å². The highest BCUT2D eigenvalue weighted by Gasteiger charge is 2.48. The number of unbranched alkanes of at least 4 members (excludes halogenated alkanes) is 3. The number of carboxylic acids is 1. The van der Waals surface area contributed by atoms with Gasteiger partial charge in [0.25, 0.3) is 6.43 Å². The Bertz CT molecular complexity index is 1140. The molecule has 218 valence electrons. The van der Waals surface area contributed by atoms with Crippen LogP contribution in [0.3, 0.4) is 0 Å². The number of benzene rings is 1. The summed E-state index contributed by atoms with van der Waals surface area (Å²) in [6.45, 7) is -0.343. The lowest BCUT2D eigenvalue weighted by molar-refractivity contribution is -0.271. The van der Waals surface area contributed by atoms with Gasteiger partial charge in [-0.05, 0) is 36.6 Å². The largest absolute Gasteiger partial charge is 0.479 e. The minimum atomic E-state index is -3.17. The van der Waals surface area contributed by atoms with Crippen molar-refractivity contribution in [1.82, 2.24) is 0 Å². The molecule has 0 saturated carbocycles. The summed E-state index contributed by atoms with van der Waals surface area (Å²) in [6, 6.07) is 3.00. The summed E-state index contributed by atoms with van der Waals surface area (Å²) in [5.41, 5.74) is 7.74. The molecule has 13 nitrogen and oxygen atoms in total. The highest BCUT2D eigenvalue weighted by Crippen LogP contribution is 2.34. The molecule has 6 unspecified atom stereocenters. The Kier molecular flexibility index (Phi) is 12.7. The standard InChI is InChI=1S/C25H30F2N4O9/c1-2-3-4-5-6-7-15(32)10-13(12-29-31-28)23(36)30-14-8-9-17(16(11-14)22(26)27)39-25-20(35)18(33)19(34)21(40-25)24(37)38/h1,8-9,11,13,18-22,25,33-35H,3-7,10,12H2,(H,30,36)(H,37,38). The number of carbonyl (C=O) groups excluding carboxylic acids is 2. The van der Waals surface area contributed by atoms with E-state index >= 15 is 0 Å². The highest BCUT2D eigenvalue weighted by molar-refractivity contribution is 5.95. The second-order valence-electron chi connectivity index (χ2n) is 9.01. The fourth-order valence-corrected chi connectivity index (χ4v) is 3.90. The van der Waals surface area contributed by atoms with E-state index in [1.54, 1.807) is 0 Å². The number of nitrogens with one attached hydrogen (secondary N) is 1. The topological polar surface area (TPSA) is 211 Å². The first-order valence-electron chi connectivity index (χ1n) is 12.3. The van der Waals surface area contributed by atoms with E-state index in [4.69, 9.17) is 26.5 Å². The highest BCUT2D eigenvalue weighted by atomic mass is 19.3. The molecule has 6 atom stereocenters. The van der Waals surface area contributed by atoms with Gasteiger partial charge in [-0.1, -0.05) is 11.5 Å². The zero-order valence-corrected chi connectivity index (χ0v) is 21.2. The fraction of sp³-hybridized carbons (Fsp3) is 0.560. The average molecular weight is 569 g/mol. The summed E-state index contributed by atoms with van der Waals surface area (Å²) < 4.78 is 37.9. The Morgan fingerprint density at radius 1 is 1.18 bits per heavy atom. The molecule has 40 heavy (non-hydrogen) atoms. The molecular weight excluding hydrogens is 538 g/mol. The number of amides is 1. The predicted octanol–water partition coefficient (Wildman–Crippen LogP) is 2.30. The van der Waals surface area contributed by atoms with Crippen LogP contribution in [-0.4, -0.2) is 75.3 Å². The van der Waals surface area contributed by atoms with Gasteiger partial charge in [0.1, 0.15) is 29.8 Å². The molecule has 1 aromatic carbocycles. The molecular formula is C25H30F2N4O9. The Morgan fingerprint density at radius 2 is 1.90 bits per heavy atom. The van der Waals surface area contributed by atoms with E-state index in [1.165, 1.54) is 0 Å². The van der Waals surface area contributed by atoms with Crippen LogP contribution in [0.5, 0.6) is 5.75 Å². The number of Topliss-reactive ketones (excluding diaryl/α,β-unsaturated/α-hetero) is 1. The number of anilines is 1. The van der Waals surface area contributed by atoms with Crippen molar-refractivity contribution in [2.24, 2.45) is 11.0 Å². The maximum Gasteiger partial charge on any atom is 0.335 e. The number of azide groups is 1. The third kappa shape index (κ3) is 9.15. The monoisotopic (exact) mass is 568 g/mol. The molecule has 1 fully saturated rings. The van der Waals surface area contributed by atoms with Crippen LogP contribution in [0.15, 0.2) is 23.3 Å². The number of aliphatic hydroxyl groups excluding tert-OH is 3. The summed E-state index contributed by atoms with van der Waals surface area (Å²) in [6.07, 6.45) is -5.32. The first-order valence-corrected chi connectivity index (χ1v) is 12.3. The lowest BCUT2D eigenvalue weighted by Gasteiger charge is -2.38. The van der Waals surface area contributed by atoms with Crippen molar-refractivity contribution in [3.63, 3.8) is 0 Å². The van der Waals surface area contributed by atoms with Crippen LogP contribution in [-0.2, 0) is 19.1 Å². The van der Waals surface area contributed by atoms with Crippen molar-refractivity contribution in [2.45, 2.75) is 75.7 Å². The number of carbonyl (C=O) groups is 3. The number of terminal acetylenes is 1. The van der Waals surface area contributed by atoms with Gasteiger partial charge in [0.15, 0.2) is 6.10 Å². The third-order valence-corrected chi connectivity index (χ3v) is 6.06. The van der Waals surface area contributed by atoms with Gasteiger partial charge in [-0.2, -0.15) is 0 Å². The van der Waals surface area contributed by atoms with Crippen molar-refractivity contribution in [3.8, 4) is 18.1 Å². The van der Waals surface area contributed by atoms with E-state index in [1.807, 2.05) is 0 Å². The zero-order valence-electron chi connectivity index (χ0n) is 21.2. The van der Waals surface area contributed by atoms with E-state index in [0.29, 0.717) is 12.8 Å². The number of aliphatic hydroxyl groups is 3. The lowest BCUT2D eigenvalue weighted by Crippen LogP contribution is -2.61. The van der Waals surface area contributed by atoms with Crippen LogP contribution >= 0.6 is 0 Å². The van der Waals surface area contributed by atoms with Crippen LogP contribution in [0.1, 0.15) is 50.5 Å². The minimum absolute atomic E-state index is 0.121. The van der Waals surface area contributed by atoms with Crippen molar-refractivity contribution in [1.29, 1.82) is 0 Å². The van der Waals surface area contributed by atoms with Crippen LogP contribution in [0.2, 0.25) is 0 Å². The number of ketones is 1. The zero-order chi connectivity index (χ0) is 29.8. The quantitative estimate of drug-likeness (QED) is 0.0689. The number of hydrogen-bond donors (Lipinski definition) is 5. The number of ether oxygens (including phenoxy) is 2. The van der Waals surface area contributed by atoms with Crippen molar-refractivity contribution < 1.29 is 53.1 Å². The fourth-order valence-electron chi connectivity index (χ4n) is 3.90. The smallest absolute Gasteiger partial charge is 0.335 e. The van der Waals surface area contributed by atoms with Crippen LogP contribution in [0.25, 0.3) is 10.4 Å². The SMILES string of the molecule is C#CCCCCCC(=O)CC(CN=[N+]=[N-])C(=O)Nc1ccc(OC2OC(C(=O)O)C(O)C(O)C2O)c(C(F)F)c1. The van der Waals surface area contributed by atoms with Crippen LogP contribution in [0.4, 0.5) is 14.5 Å². The summed E-state index contributed by atoms with van der Waals surface area (Å²) >= 11 is 0. The molecule has 0 bridgehead atoms. The van der Waals surface area contributed by atoms with Crippen molar-refractivity contribution in [3.05, 3.63) is 34.2 Å². The number of alkyl halides is 2. The Labute approximate surface area is 227 Å². The number of halogens is 2. The van der Waals surface area contributed by atoms with Gasteiger partial charge in [0.05, 0.1) is 11.5 Å². The molecule has 15 heteroatoms. The number of hydrogen-bond acceptors (Lipinski definition) is 9. The average Bonchev–Trinajstić information content (AvgIpc) is 2.91. The van der Waals surface area contributed by atoms with E-state index in [2.05, 4.69) is 21.3 Å². The van der Waals surface area contributed by atoms with Gasteiger partial charge >= 0.3 is 5.97 Å². The maximum absolute atomic E-state index is 13.8. The van der Waals surface area contributed by atoms with Gasteiger partial charge in [-0.25, -0.2) is 13.6 Å². The lowest BCUT2D eigenvalue weighted by atomic mass is 9.98. The molecule has 2 rings (SSSR count). The molecule has 1 aliphatic rings. The first kappa shape index (κ1) is 32.4. The molecule has 0 aromatic heterocycles. The number of rotatable bonds is 15. The molecule has 5 N–H and O–H groups in total. The predicted molar refractivity (Wildman–Crippen MR) is 134 cm³/mol. The van der Waals surface area contributed by atoms with Gasteiger partial charge in [0, 0.05) is 36.4 Å². The number of carboxylic acid groups (broad SMARTS) is 1. The summed E-state index contributed by atoms with van der Waals surface area (Å²) in [4.78, 5) is 39.0. The van der Waals surface area contributed by atoms with Crippen molar-refractivity contribution >= 4 is 23.3 Å².